The van der Waals surface area contributed by atoms with E-state index in [1.807, 2.05) is 19.2 Å². The molecular weight excluding hydrogens is 296 g/mol. The zero-order valence-corrected chi connectivity index (χ0v) is 13.1. The lowest BCUT2D eigenvalue weighted by Gasteiger charge is -2.08. The highest BCUT2D eigenvalue weighted by Gasteiger charge is 2.38. The van der Waals surface area contributed by atoms with Crippen LogP contribution in [0, 0.1) is 5.92 Å². The summed E-state index contributed by atoms with van der Waals surface area (Å²) in [6.45, 7) is 4.77. The summed E-state index contributed by atoms with van der Waals surface area (Å²) in [7, 11) is -3.55. The molecule has 0 radical (unpaired) electrons. The normalized spacial score (nSPS) is 22.3. The van der Waals surface area contributed by atoms with Crippen LogP contribution in [0.25, 0.3) is 4.96 Å². The van der Waals surface area contributed by atoms with E-state index in [0.717, 1.165) is 12.8 Å². The van der Waals surface area contributed by atoms with E-state index in [1.165, 1.54) is 11.3 Å². The predicted octanol–water partition coefficient (Wildman–Crippen LogP) is 1.90. The van der Waals surface area contributed by atoms with E-state index in [2.05, 4.69) is 15.0 Å². The lowest BCUT2D eigenvalue weighted by Crippen LogP contribution is -2.28. The van der Waals surface area contributed by atoms with Crippen molar-refractivity contribution in [1.82, 2.24) is 14.1 Å². The molecule has 8 heteroatoms. The number of nitrogens with zero attached hydrogens (tertiary/aromatic N) is 2. The van der Waals surface area contributed by atoms with Crippen LogP contribution in [0.15, 0.2) is 16.6 Å². The van der Waals surface area contributed by atoms with E-state index in [4.69, 9.17) is 0 Å². The monoisotopic (exact) mass is 314 g/mol. The highest BCUT2D eigenvalue weighted by Crippen LogP contribution is 2.32. The summed E-state index contributed by atoms with van der Waals surface area (Å²) in [6.07, 6.45) is 3.56. The zero-order chi connectivity index (χ0) is 14.3. The molecule has 0 saturated heterocycles. The van der Waals surface area contributed by atoms with E-state index >= 15 is 0 Å². The van der Waals surface area contributed by atoms with Gasteiger partial charge in [0.05, 0.1) is 0 Å². The molecule has 0 bridgehead atoms. The Morgan fingerprint density at radius 1 is 1.55 bits per heavy atom. The Labute approximate surface area is 122 Å². The number of anilines is 1. The first kappa shape index (κ1) is 13.8. The number of hydrogen-bond donors (Lipinski definition) is 2. The van der Waals surface area contributed by atoms with E-state index < -0.39 is 10.0 Å². The molecule has 2 heterocycles. The lowest BCUT2D eigenvalue weighted by atomic mass is 10.5. The first-order chi connectivity index (χ1) is 9.53. The molecule has 1 aliphatic rings. The van der Waals surface area contributed by atoms with E-state index in [0.29, 0.717) is 23.2 Å². The molecule has 20 heavy (non-hydrogen) atoms. The summed E-state index contributed by atoms with van der Waals surface area (Å²) >= 11 is 1.43. The summed E-state index contributed by atoms with van der Waals surface area (Å²) in [5, 5.41) is 5.17. The molecule has 0 spiro atoms. The molecule has 1 saturated carbocycles. The Balaban J connectivity index is 2.00. The molecule has 2 N–H and O–H groups in total. The Morgan fingerprint density at radius 3 is 2.95 bits per heavy atom. The van der Waals surface area contributed by atoms with Crippen molar-refractivity contribution in [2.45, 2.75) is 37.8 Å². The quantitative estimate of drug-likeness (QED) is 0.854. The number of thiazole rings is 1. The van der Waals surface area contributed by atoms with Crippen LogP contribution in [0.5, 0.6) is 0 Å². The van der Waals surface area contributed by atoms with E-state index in [-0.39, 0.29) is 11.1 Å². The molecule has 1 aliphatic carbocycles. The van der Waals surface area contributed by atoms with Gasteiger partial charge in [-0.3, -0.25) is 4.40 Å². The maximum Gasteiger partial charge on any atom is 0.260 e. The third-order valence-corrected chi connectivity index (χ3v) is 5.70. The van der Waals surface area contributed by atoms with Gasteiger partial charge < -0.3 is 5.32 Å². The first-order valence-electron chi connectivity index (χ1n) is 6.74. The second-order valence-corrected chi connectivity index (χ2v) is 7.69. The van der Waals surface area contributed by atoms with Gasteiger partial charge in [0.25, 0.3) is 10.0 Å². The summed E-state index contributed by atoms with van der Waals surface area (Å²) in [5.74, 6) is 0.863. The fourth-order valence-electron chi connectivity index (χ4n) is 2.12. The maximum atomic E-state index is 12.6. The summed E-state index contributed by atoms with van der Waals surface area (Å²) < 4.78 is 29.5. The van der Waals surface area contributed by atoms with Crippen LogP contribution in [0.3, 0.4) is 0 Å². The number of imidazole rings is 1. The largest absolute Gasteiger partial charge is 0.368 e. The molecular formula is C12H18N4O2S2. The van der Waals surface area contributed by atoms with Gasteiger partial charge in [0, 0.05) is 24.2 Å². The fourth-order valence-corrected chi connectivity index (χ4v) is 4.51. The minimum Gasteiger partial charge on any atom is -0.368 e. The van der Waals surface area contributed by atoms with E-state index in [9.17, 15) is 8.42 Å². The molecule has 0 aliphatic heterocycles. The van der Waals surface area contributed by atoms with Crippen LogP contribution in [0.2, 0.25) is 0 Å². The summed E-state index contributed by atoms with van der Waals surface area (Å²) in [6, 6.07) is 0.0585. The number of hydrogen-bond acceptors (Lipinski definition) is 5. The van der Waals surface area contributed by atoms with Crippen molar-refractivity contribution in [3.8, 4) is 0 Å². The van der Waals surface area contributed by atoms with Crippen LogP contribution >= 0.6 is 11.3 Å². The van der Waals surface area contributed by atoms with Crippen LogP contribution < -0.4 is 10.0 Å². The maximum absolute atomic E-state index is 12.6. The van der Waals surface area contributed by atoms with Crippen molar-refractivity contribution in [2.24, 2.45) is 5.92 Å². The second-order valence-electron chi connectivity index (χ2n) is 5.19. The minimum absolute atomic E-state index is 0.0585. The van der Waals surface area contributed by atoms with Crippen molar-refractivity contribution in [2.75, 3.05) is 11.9 Å². The number of sulfonamides is 1. The van der Waals surface area contributed by atoms with Crippen molar-refractivity contribution >= 4 is 32.1 Å². The third-order valence-electron chi connectivity index (χ3n) is 3.43. The van der Waals surface area contributed by atoms with Crippen LogP contribution in [-0.2, 0) is 10.0 Å². The van der Waals surface area contributed by atoms with Crippen LogP contribution in [0.4, 0.5) is 5.82 Å². The molecule has 6 nitrogen and oxygen atoms in total. The number of fused-ring (bicyclic) bond motifs is 1. The number of nitrogens with one attached hydrogen (secondary N) is 2. The van der Waals surface area contributed by atoms with Crippen molar-refractivity contribution in [3.63, 3.8) is 0 Å². The third kappa shape index (κ3) is 2.43. The van der Waals surface area contributed by atoms with Crippen LogP contribution in [-0.4, -0.2) is 30.4 Å². The molecule has 3 rings (SSSR count). The highest BCUT2D eigenvalue weighted by molar-refractivity contribution is 7.89. The van der Waals surface area contributed by atoms with Gasteiger partial charge in [0.1, 0.15) is 0 Å². The minimum atomic E-state index is -3.55. The lowest BCUT2D eigenvalue weighted by molar-refractivity contribution is 0.574. The van der Waals surface area contributed by atoms with Gasteiger partial charge in [0.15, 0.2) is 15.8 Å². The van der Waals surface area contributed by atoms with Crippen molar-refractivity contribution in [1.29, 1.82) is 0 Å². The smallest absolute Gasteiger partial charge is 0.260 e. The van der Waals surface area contributed by atoms with E-state index in [1.54, 1.807) is 10.6 Å². The van der Waals surface area contributed by atoms with Gasteiger partial charge in [-0.15, -0.1) is 11.3 Å². The fraction of sp³-hybridized carbons (Fsp3) is 0.583. The Morgan fingerprint density at radius 2 is 2.30 bits per heavy atom. The average molecular weight is 314 g/mol. The van der Waals surface area contributed by atoms with Crippen molar-refractivity contribution in [3.05, 3.63) is 11.6 Å². The van der Waals surface area contributed by atoms with Crippen LogP contribution in [0.1, 0.15) is 26.7 Å². The van der Waals surface area contributed by atoms with Gasteiger partial charge in [-0.25, -0.2) is 18.1 Å². The van der Waals surface area contributed by atoms with Gasteiger partial charge in [-0.1, -0.05) is 13.8 Å². The Kier molecular flexibility index (Phi) is 3.47. The Bertz CT molecular complexity index is 719. The molecule has 0 amide bonds. The first-order valence-corrected chi connectivity index (χ1v) is 9.11. The standard InChI is InChI=1S/C12H18N4O2S2/c1-3-4-13-10-11(16-5-6-19-12(16)14-10)20(17,18)15-9-7-8(9)2/h5-6,8-9,13,15H,3-4,7H2,1-2H3. The predicted molar refractivity (Wildman–Crippen MR) is 79.7 cm³/mol. The SMILES string of the molecule is CCCNc1nc2sccn2c1S(=O)(=O)NC1CC1C. The molecule has 2 atom stereocenters. The number of rotatable bonds is 6. The molecule has 0 aromatic carbocycles. The van der Waals surface area contributed by atoms with Gasteiger partial charge in [0.2, 0.25) is 0 Å². The molecule has 110 valence electrons. The Hall–Kier alpha value is -1.12. The topological polar surface area (TPSA) is 75.5 Å². The van der Waals surface area contributed by atoms with Gasteiger partial charge >= 0.3 is 0 Å². The summed E-state index contributed by atoms with van der Waals surface area (Å²) in [4.78, 5) is 5.06. The summed E-state index contributed by atoms with van der Waals surface area (Å²) in [5.41, 5.74) is 0. The second kappa shape index (κ2) is 5.01. The molecule has 2 aromatic rings. The van der Waals surface area contributed by atoms with Gasteiger partial charge in [-0.2, -0.15) is 0 Å². The average Bonchev–Trinajstić information content (AvgIpc) is 2.78. The molecule has 2 aromatic heterocycles. The molecule has 2 unspecified atom stereocenters. The molecule has 1 fully saturated rings. The highest BCUT2D eigenvalue weighted by atomic mass is 32.2. The zero-order valence-electron chi connectivity index (χ0n) is 11.5. The van der Waals surface area contributed by atoms with Gasteiger partial charge in [-0.05, 0) is 18.8 Å². The number of aromatic nitrogens is 2. The van der Waals surface area contributed by atoms with Crippen molar-refractivity contribution < 1.29 is 8.42 Å².